The molecule has 0 aromatic heterocycles. The molecule has 0 atom stereocenters. The van der Waals surface area contributed by atoms with Crippen molar-refractivity contribution in [3.05, 3.63) is 68.1 Å². The van der Waals surface area contributed by atoms with E-state index in [9.17, 15) is 4.79 Å². The summed E-state index contributed by atoms with van der Waals surface area (Å²) >= 11 is 15.1. The van der Waals surface area contributed by atoms with Crippen molar-refractivity contribution in [3.8, 4) is 0 Å². The van der Waals surface area contributed by atoms with Crippen LogP contribution in [0.25, 0.3) is 0 Å². The largest absolute Gasteiger partial charge is 0.391 e. The molecular weight excluding hydrogens is 389 g/mol. The Kier molecular flexibility index (Phi) is 6.43. The van der Waals surface area contributed by atoms with Crippen LogP contribution < -0.4 is 0 Å². The van der Waals surface area contributed by atoms with Gasteiger partial charge in [0.05, 0.1) is 6.21 Å². The molecule has 0 heterocycles. The van der Waals surface area contributed by atoms with Crippen LogP contribution in [0, 0.1) is 0 Å². The van der Waals surface area contributed by atoms with Crippen LogP contribution in [0.3, 0.4) is 0 Å². The minimum absolute atomic E-state index is 0.0237. The quantitative estimate of drug-likeness (QED) is 0.363. The first-order valence-corrected chi connectivity index (χ1v) is 7.97. The lowest BCUT2D eigenvalue weighted by atomic mass is 10.1. The van der Waals surface area contributed by atoms with Gasteiger partial charge in [-0.15, -0.1) is 0 Å². The van der Waals surface area contributed by atoms with Crippen LogP contribution in [-0.2, 0) is 11.4 Å². The van der Waals surface area contributed by atoms with Crippen LogP contribution in [0.15, 0.2) is 52.1 Å². The summed E-state index contributed by atoms with van der Waals surface area (Å²) in [7, 11) is 0. The molecule has 2 aromatic rings. The van der Waals surface area contributed by atoms with Crippen LogP contribution in [0.2, 0.25) is 10.0 Å². The fraction of sp³-hybridized carbons (Fsp3) is 0.125. The number of halogens is 3. The lowest BCUT2D eigenvalue weighted by molar-refractivity contribution is 0.0996. The Labute approximate surface area is 147 Å². The zero-order chi connectivity index (χ0) is 15.9. The average Bonchev–Trinajstić information content (AvgIpc) is 2.49. The third-order valence-corrected chi connectivity index (χ3v) is 3.94. The monoisotopic (exact) mass is 399 g/mol. The van der Waals surface area contributed by atoms with Gasteiger partial charge in [-0.2, -0.15) is 0 Å². The number of hydrogen-bond donors (Lipinski definition) is 0. The summed E-state index contributed by atoms with van der Waals surface area (Å²) in [5.41, 5.74) is 1.41. The second kappa shape index (κ2) is 8.32. The highest BCUT2D eigenvalue weighted by Gasteiger charge is 2.04. The molecule has 0 aliphatic carbocycles. The molecular formula is C16H12BrCl2NO2. The highest BCUT2D eigenvalue weighted by atomic mass is 79.9. The van der Waals surface area contributed by atoms with E-state index in [2.05, 4.69) is 21.1 Å². The van der Waals surface area contributed by atoms with Crippen LogP contribution in [0.1, 0.15) is 22.3 Å². The lowest BCUT2D eigenvalue weighted by Crippen LogP contribution is -1.99. The standard InChI is InChI=1S/C16H12BrCl2NO2/c17-13-4-1-11(2-5-13)16(21)7-8-20-22-10-12-3-6-14(18)9-15(12)19/h1-6,8-9H,7,10H2. The van der Waals surface area contributed by atoms with Gasteiger partial charge in [0.25, 0.3) is 0 Å². The van der Waals surface area contributed by atoms with Crippen molar-refractivity contribution < 1.29 is 9.63 Å². The summed E-state index contributed by atoms with van der Waals surface area (Å²) in [4.78, 5) is 17.0. The van der Waals surface area contributed by atoms with Gasteiger partial charge in [0.1, 0.15) is 6.61 Å². The number of Topliss-reactive ketones (excluding diaryl/α,β-unsaturated/α-hetero) is 1. The van der Waals surface area contributed by atoms with E-state index in [0.29, 0.717) is 15.6 Å². The number of rotatable bonds is 6. The van der Waals surface area contributed by atoms with Gasteiger partial charge in [-0.3, -0.25) is 4.79 Å². The Morgan fingerprint density at radius 2 is 1.91 bits per heavy atom. The maximum absolute atomic E-state index is 11.9. The molecule has 0 spiro atoms. The van der Waals surface area contributed by atoms with Gasteiger partial charge < -0.3 is 4.84 Å². The molecule has 0 unspecified atom stereocenters. The maximum Gasteiger partial charge on any atom is 0.168 e. The first-order valence-electron chi connectivity index (χ1n) is 6.43. The van der Waals surface area contributed by atoms with Gasteiger partial charge in [0.2, 0.25) is 0 Å². The minimum atomic E-state index is -0.0237. The molecule has 0 aliphatic rings. The van der Waals surface area contributed by atoms with Gasteiger partial charge in [0, 0.05) is 32.1 Å². The van der Waals surface area contributed by atoms with Gasteiger partial charge in [0.15, 0.2) is 5.78 Å². The molecule has 0 aliphatic heterocycles. The molecule has 22 heavy (non-hydrogen) atoms. The lowest BCUT2D eigenvalue weighted by Gasteiger charge is -2.03. The highest BCUT2D eigenvalue weighted by Crippen LogP contribution is 2.21. The Hall–Kier alpha value is -1.36. The number of ketones is 1. The van der Waals surface area contributed by atoms with E-state index in [1.807, 2.05) is 12.1 Å². The van der Waals surface area contributed by atoms with E-state index in [0.717, 1.165) is 10.0 Å². The van der Waals surface area contributed by atoms with Gasteiger partial charge in [-0.1, -0.05) is 62.5 Å². The predicted molar refractivity (Wildman–Crippen MR) is 92.8 cm³/mol. The summed E-state index contributed by atoms with van der Waals surface area (Å²) < 4.78 is 0.931. The van der Waals surface area contributed by atoms with Crippen molar-refractivity contribution in [2.75, 3.05) is 0 Å². The fourth-order valence-electron chi connectivity index (χ4n) is 1.67. The molecule has 114 valence electrons. The maximum atomic E-state index is 11.9. The summed E-state index contributed by atoms with van der Waals surface area (Å²) in [6.07, 6.45) is 1.62. The van der Waals surface area contributed by atoms with Crippen molar-refractivity contribution in [1.29, 1.82) is 0 Å². The highest BCUT2D eigenvalue weighted by molar-refractivity contribution is 9.10. The zero-order valence-corrected chi connectivity index (χ0v) is 14.5. The molecule has 2 aromatic carbocycles. The fourth-order valence-corrected chi connectivity index (χ4v) is 2.40. The summed E-state index contributed by atoms with van der Waals surface area (Å²) in [5, 5.41) is 4.86. The molecule has 0 amide bonds. The SMILES string of the molecule is O=C(CC=NOCc1ccc(Cl)cc1Cl)c1ccc(Br)cc1. The van der Waals surface area contributed by atoms with Crippen LogP contribution in [0.5, 0.6) is 0 Å². The van der Waals surface area contributed by atoms with E-state index in [1.165, 1.54) is 6.21 Å². The van der Waals surface area contributed by atoms with Crippen molar-refractivity contribution in [3.63, 3.8) is 0 Å². The van der Waals surface area contributed by atoms with Gasteiger partial charge in [-0.05, 0) is 24.3 Å². The average molecular weight is 401 g/mol. The van der Waals surface area contributed by atoms with Crippen LogP contribution in [-0.4, -0.2) is 12.0 Å². The normalized spacial score (nSPS) is 10.9. The van der Waals surface area contributed by atoms with Crippen LogP contribution >= 0.6 is 39.1 Å². The number of carbonyl (C=O) groups is 1. The minimum Gasteiger partial charge on any atom is -0.391 e. The smallest absolute Gasteiger partial charge is 0.168 e. The van der Waals surface area contributed by atoms with Crippen molar-refractivity contribution in [2.24, 2.45) is 5.16 Å². The van der Waals surface area contributed by atoms with E-state index >= 15 is 0 Å². The van der Waals surface area contributed by atoms with E-state index < -0.39 is 0 Å². The molecule has 0 fully saturated rings. The molecule has 0 bridgehead atoms. The molecule has 0 radical (unpaired) electrons. The third-order valence-electron chi connectivity index (χ3n) is 2.83. The summed E-state index contributed by atoms with van der Waals surface area (Å²) in [6.45, 7) is 0.221. The third kappa shape index (κ3) is 5.13. The Bertz CT molecular complexity index is 687. The second-order valence-corrected chi connectivity index (χ2v) is 6.19. The Morgan fingerprint density at radius 1 is 1.18 bits per heavy atom. The zero-order valence-electron chi connectivity index (χ0n) is 11.4. The molecule has 3 nitrogen and oxygen atoms in total. The number of benzene rings is 2. The molecule has 2 rings (SSSR count). The first-order chi connectivity index (χ1) is 10.6. The summed E-state index contributed by atoms with van der Waals surface area (Å²) in [5.74, 6) is -0.0237. The number of nitrogens with zero attached hydrogens (tertiary/aromatic N) is 1. The number of carbonyl (C=O) groups excluding carboxylic acids is 1. The van der Waals surface area contributed by atoms with Gasteiger partial charge >= 0.3 is 0 Å². The van der Waals surface area contributed by atoms with Gasteiger partial charge in [-0.25, -0.2) is 0 Å². The van der Waals surface area contributed by atoms with E-state index in [-0.39, 0.29) is 18.8 Å². The van der Waals surface area contributed by atoms with E-state index in [4.69, 9.17) is 28.0 Å². The van der Waals surface area contributed by atoms with E-state index in [1.54, 1.807) is 30.3 Å². The van der Waals surface area contributed by atoms with Crippen LogP contribution in [0.4, 0.5) is 0 Å². The second-order valence-electron chi connectivity index (χ2n) is 4.43. The molecule has 0 N–H and O–H groups in total. The predicted octanol–water partition coefficient (Wildman–Crippen LogP) is 5.53. The molecule has 0 saturated heterocycles. The summed E-state index contributed by atoms with van der Waals surface area (Å²) in [6, 6.07) is 12.3. The Balaban J connectivity index is 1.80. The van der Waals surface area contributed by atoms with Crippen molar-refractivity contribution in [2.45, 2.75) is 13.0 Å². The molecule has 0 saturated carbocycles. The topological polar surface area (TPSA) is 38.7 Å². The number of oxime groups is 1. The van der Waals surface area contributed by atoms with Crippen molar-refractivity contribution >= 4 is 51.1 Å². The molecule has 6 heteroatoms. The first kappa shape index (κ1) is 17.0. The Morgan fingerprint density at radius 3 is 2.59 bits per heavy atom. The van der Waals surface area contributed by atoms with Crippen molar-refractivity contribution in [1.82, 2.24) is 0 Å². The number of hydrogen-bond acceptors (Lipinski definition) is 3.